The van der Waals surface area contributed by atoms with Gasteiger partial charge >= 0.3 is 0 Å². The molecule has 0 aliphatic heterocycles. The molecule has 0 aliphatic rings. The molecule has 0 spiro atoms. The van der Waals surface area contributed by atoms with E-state index in [4.69, 9.17) is 5.11 Å². The summed E-state index contributed by atoms with van der Waals surface area (Å²) in [6, 6.07) is 0.883. The number of thioether (sulfide) groups is 1. The minimum absolute atomic E-state index is 0.250. The van der Waals surface area contributed by atoms with Gasteiger partial charge < -0.3 is 10.4 Å². The minimum atomic E-state index is 0.250. The number of nitrogens with one attached hydrogen (secondary N) is 1. The smallest absolute Gasteiger partial charge is 0.0564 e. The van der Waals surface area contributed by atoms with E-state index < -0.39 is 0 Å². The van der Waals surface area contributed by atoms with Gasteiger partial charge in [-0.3, -0.25) is 0 Å². The summed E-state index contributed by atoms with van der Waals surface area (Å²) in [6.07, 6.45) is 2.04. The topological polar surface area (TPSA) is 32.3 Å². The summed E-state index contributed by atoms with van der Waals surface area (Å²) in [5.41, 5.74) is 0. The van der Waals surface area contributed by atoms with E-state index in [1.54, 1.807) is 11.8 Å². The van der Waals surface area contributed by atoms with Crippen molar-refractivity contribution >= 4 is 11.8 Å². The summed E-state index contributed by atoms with van der Waals surface area (Å²) in [7, 11) is 0. The maximum Gasteiger partial charge on any atom is 0.0564 e. The number of aliphatic hydroxyl groups excluding tert-OH is 1. The molecule has 13 heavy (non-hydrogen) atoms. The zero-order valence-electron chi connectivity index (χ0n) is 9.37. The molecule has 2 nitrogen and oxygen atoms in total. The summed E-state index contributed by atoms with van der Waals surface area (Å²) in [5.74, 6) is 0.642. The van der Waals surface area contributed by atoms with E-state index >= 15 is 0 Å². The monoisotopic (exact) mass is 205 g/mol. The highest BCUT2D eigenvalue weighted by Gasteiger charge is 2.17. The molecule has 0 rings (SSSR count). The third-order valence-electron chi connectivity index (χ3n) is 2.57. The fourth-order valence-corrected chi connectivity index (χ4v) is 1.79. The van der Waals surface area contributed by atoms with Crippen LogP contribution in [0.15, 0.2) is 0 Å². The first-order valence-corrected chi connectivity index (χ1v) is 6.21. The van der Waals surface area contributed by atoms with Crippen molar-refractivity contribution in [3.63, 3.8) is 0 Å². The molecule has 0 aromatic carbocycles. The summed E-state index contributed by atoms with van der Waals surface area (Å²) in [5, 5.41) is 12.9. The first-order valence-electron chi connectivity index (χ1n) is 4.92. The Bertz CT molecular complexity index is 126. The van der Waals surface area contributed by atoms with Crippen molar-refractivity contribution in [2.24, 2.45) is 5.92 Å². The Morgan fingerprint density at radius 3 is 2.00 bits per heavy atom. The second-order valence-corrected chi connectivity index (χ2v) is 5.02. The van der Waals surface area contributed by atoms with Crippen LogP contribution in [-0.4, -0.2) is 35.3 Å². The van der Waals surface area contributed by atoms with E-state index in [2.05, 4.69) is 33.0 Å². The third kappa shape index (κ3) is 4.89. The zero-order chi connectivity index (χ0) is 10.4. The lowest BCUT2D eigenvalue weighted by molar-refractivity contribution is 0.265. The van der Waals surface area contributed by atoms with Gasteiger partial charge in [0.2, 0.25) is 0 Å². The molecule has 0 aliphatic carbocycles. The van der Waals surface area contributed by atoms with Crippen molar-refractivity contribution < 1.29 is 5.11 Å². The summed E-state index contributed by atoms with van der Waals surface area (Å²) in [4.78, 5) is 0. The number of hydrogen-bond acceptors (Lipinski definition) is 3. The summed E-state index contributed by atoms with van der Waals surface area (Å²) >= 11 is 1.72. The van der Waals surface area contributed by atoms with Gasteiger partial charge in [-0.1, -0.05) is 13.8 Å². The Kier molecular flexibility index (Phi) is 6.82. The van der Waals surface area contributed by atoms with Crippen LogP contribution in [0.3, 0.4) is 0 Å². The quantitative estimate of drug-likeness (QED) is 0.693. The van der Waals surface area contributed by atoms with Crippen LogP contribution in [-0.2, 0) is 0 Å². The zero-order valence-corrected chi connectivity index (χ0v) is 10.2. The van der Waals surface area contributed by atoms with Crippen LogP contribution in [0, 0.1) is 5.92 Å². The third-order valence-corrected chi connectivity index (χ3v) is 3.73. The lowest BCUT2D eigenvalue weighted by atomic mass is 10.1. The lowest BCUT2D eigenvalue weighted by Crippen LogP contribution is -2.44. The first kappa shape index (κ1) is 13.3. The number of hydrogen-bond donors (Lipinski definition) is 2. The van der Waals surface area contributed by atoms with Gasteiger partial charge in [0.1, 0.15) is 0 Å². The Hall–Kier alpha value is 0.270. The minimum Gasteiger partial charge on any atom is -0.395 e. The normalized spacial score (nSPS) is 18.7. The standard InChI is InChI=1S/C10H23NOS/c1-7(2)8(3)11-9(4)10(6-12)13-5/h7-12H,6H2,1-5H3. The van der Waals surface area contributed by atoms with Gasteiger partial charge in [-0.05, 0) is 26.0 Å². The molecule has 0 amide bonds. The van der Waals surface area contributed by atoms with Gasteiger partial charge in [0.25, 0.3) is 0 Å². The highest BCUT2D eigenvalue weighted by atomic mass is 32.2. The van der Waals surface area contributed by atoms with E-state index in [1.807, 2.05) is 6.26 Å². The largest absolute Gasteiger partial charge is 0.395 e. The van der Waals surface area contributed by atoms with Gasteiger partial charge in [-0.25, -0.2) is 0 Å². The van der Waals surface area contributed by atoms with Crippen molar-refractivity contribution in [3.05, 3.63) is 0 Å². The molecule has 3 unspecified atom stereocenters. The Morgan fingerprint density at radius 2 is 1.69 bits per heavy atom. The Balaban J connectivity index is 3.89. The second-order valence-electron chi connectivity index (χ2n) is 3.94. The number of aliphatic hydroxyl groups is 1. The van der Waals surface area contributed by atoms with E-state index in [1.165, 1.54) is 0 Å². The van der Waals surface area contributed by atoms with Gasteiger partial charge in [-0.2, -0.15) is 11.8 Å². The van der Waals surface area contributed by atoms with E-state index in [9.17, 15) is 0 Å². The van der Waals surface area contributed by atoms with Crippen LogP contribution < -0.4 is 5.32 Å². The Labute approximate surface area is 86.5 Å². The van der Waals surface area contributed by atoms with Crippen molar-refractivity contribution in [2.45, 2.75) is 45.0 Å². The molecule has 3 heteroatoms. The van der Waals surface area contributed by atoms with E-state index in [-0.39, 0.29) is 6.61 Å². The summed E-state index contributed by atoms with van der Waals surface area (Å²) < 4.78 is 0. The average molecular weight is 205 g/mol. The molecule has 80 valence electrons. The fourth-order valence-electron chi connectivity index (χ4n) is 1.15. The highest BCUT2D eigenvalue weighted by molar-refractivity contribution is 7.99. The van der Waals surface area contributed by atoms with Crippen molar-refractivity contribution in [1.29, 1.82) is 0 Å². The van der Waals surface area contributed by atoms with Crippen LogP contribution in [0.5, 0.6) is 0 Å². The predicted molar refractivity (Wildman–Crippen MR) is 61.3 cm³/mol. The van der Waals surface area contributed by atoms with Crippen LogP contribution >= 0.6 is 11.8 Å². The molecule has 0 saturated carbocycles. The molecule has 0 aromatic heterocycles. The average Bonchev–Trinajstić information content (AvgIpc) is 2.06. The molecular weight excluding hydrogens is 182 g/mol. The highest BCUT2D eigenvalue weighted by Crippen LogP contribution is 2.12. The maximum absolute atomic E-state index is 9.09. The molecule has 0 heterocycles. The van der Waals surface area contributed by atoms with Crippen LogP contribution in [0.4, 0.5) is 0 Å². The van der Waals surface area contributed by atoms with Crippen LogP contribution in [0.2, 0.25) is 0 Å². The molecule has 0 saturated heterocycles. The van der Waals surface area contributed by atoms with Gasteiger partial charge in [0, 0.05) is 17.3 Å². The lowest BCUT2D eigenvalue weighted by Gasteiger charge is -2.27. The van der Waals surface area contributed by atoms with E-state index in [0.717, 1.165) is 0 Å². The molecule has 0 aromatic rings. The molecule has 0 bridgehead atoms. The molecule has 0 radical (unpaired) electrons. The van der Waals surface area contributed by atoms with Gasteiger partial charge in [-0.15, -0.1) is 0 Å². The van der Waals surface area contributed by atoms with E-state index in [0.29, 0.717) is 23.3 Å². The Morgan fingerprint density at radius 1 is 1.15 bits per heavy atom. The fraction of sp³-hybridized carbons (Fsp3) is 1.00. The molecule has 0 fully saturated rings. The van der Waals surface area contributed by atoms with Crippen molar-refractivity contribution in [1.82, 2.24) is 5.32 Å². The molecule has 2 N–H and O–H groups in total. The maximum atomic E-state index is 9.09. The van der Waals surface area contributed by atoms with Gasteiger partial charge in [0.05, 0.1) is 6.61 Å². The SMILES string of the molecule is CSC(CO)C(C)NC(C)C(C)C. The summed E-state index contributed by atoms with van der Waals surface area (Å²) in [6.45, 7) is 8.99. The first-order chi connectivity index (χ1) is 6.02. The molecular formula is C10H23NOS. The second kappa shape index (κ2) is 6.68. The van der Waals surface area contributed by atoms with Gasteiger partial charge in [0.15, 0.2) is 0 Å². The molecule has 3 atom stereocenters. The number of rotatable bonds is 6. The van der Waals surface area contributed by atoms with Crippen LogP contribution in [0.1, 0.15) is 27.7 Å². The predicted octanol–water partition coefficient (Wildman–Crippen LogP) is 1.73. The van der Waals surface area contributed by atoms with Crippen molar-refractivity contribution in [3.8, 4) is 0 Å². The van der Waals surface area contributed by atoms with Crippen molar-refractivity contribution in [2.75, 3.05) is 12.9 Å². The van der Waals surface area contributed by atoms with Crippen LogP contribution in [0.25, 0.3) is 0 Å².